The zero-order chi connectivity index (χ0) is 26.2. The number of likely N-dealkylation sites (tertiary alicyclic amines) is 1. The van der Waals surface area contributed by atoms with Gasteiger partial charge in [0.2, 0.25) is 0 Å². The number of nitrogens with one attached hydrogen (secondary N) is 1. The van der Waals surface area contributed by atoms with E-state index in [1.807, 2.05) is 6.92 Å². The van der Waals surface area contributed by atoms with Crippen LogP contribution in [0.15, 0.2) is 42.7 Å². The first-order valence-corrected chi connectivity index (χ1v) is 12.0. The molecule has 11 heteroatoms. The number of halogens is 2. The number of ether oxygens (including phenoxy) is 2. The van der Waals surface area contributed by atoms with E-state index in [0.717, 1.165) is 29.7 Å². The number of anilines is 2. The molecule has 0 bridgehead atoms. The first kappa shape index (κ1) is 24.7. The molecule has 0 aliphatic carbocycles. The lowest BCUT2D eigenvalue weighted by molar-refractivity contribution is -0.0499. The second kappa shape index (κ2) is 9.79. The van der Waals surface area contributed by atoms with Crippen LogP contribution in [0.5, 0.6) is 11.5 Å². The molecule has 1 N–H and O–H groups in total. The molecule has 1 saturated heterocycles. The number of carbonyl (C=O) groups is 1. The third kappa shape index (κ3) is 4.61. The number of methoxy groups -OCH3 is 1. The smallest absolute Gasteiger partial charge is 0.387 e. The van der Waals surface area contributed by atoms with Crippen LogP contribution in [0, 0.1) is 6.92 Å². The molecule has 0 saturated carbocycles. The number of benzene rings is 1. The number of amides is 2. The van der Waals surface area contributed by atoms with Crippen molar-refractivity contribution in [2.45, 2.75) is 38.3 Å². The Balaban J connectivity index is 1.67. The predicted octanol–water partition coefficient (Wildman–Crippen LogP) is 4.33. The molecule has 4 heterocycles. The summed E-state index contributed by atoms with van der Waals surface area (Å²) in [5.41, 5.74) is 2.67. The Hall–Kier alpha value is -4.02. The van der Waals surface area contributed by atoms with Gasteiger partial charge in [0, 0.05) is 56.3 Å². The Morgan fingerprint density at radius 1 is 1.14 bits per heavy atom. The van der Waals surface area contributed by atoms with Gasteiger partial charge in [-0.3, -0.25) is 0 Å². The van der Waals surface area contributed by atoms with Crippen molar-refractivity contribution in [2.24, 2.45) is 0 Å². The Bertz CT molecular complexity index is 1310. The van der Waals surface area contributed by atoms with Crippen molar-refractivity contribution in [1.82, 2.24) is 25.2 Å². The van der Waals surface area contributed by atoms with Crippen molar-refractivity contribution in [3.63, 3.8) is 0 Å². The van der Waals surface area contributed by atoms with Gasteiger partial charge >= 0.3 is 12.6 Å². The highest BCUT2D eigenvalue weighted by atomic mass is 19.3. The summed E-state index contributed by atoms with van der Waals surface area (Å²) in [6.45, 7) is -0.0661. The van der Waals surface area contributed by atoms with E-state index in [-0.39, 0.29) is 11.8 Å². The van der Waals surface area contributed by atoms with Crippen LogP contribution in [0.4, 0.5) is 25.1 Å². The number of pyridine rings is 1. The summed E-state index contributed by atoms with van der Waals surface area (Å²) >= 11 is 0. The summed E-state index contributed by atoms with van der Waals surface area (Å²) < 4.78 is 36.5. The van der Waals surface area contributed by atoms with Gasteiger partial charge < -0.3 is 24.6 Å². The van der Waals surface area contributed by atoms with Crippen molar-refractivity contribution in [3.05, 3.63) is 54.0 Å². The zero-order valence-electron chi connectivity index (χ0n) is 20.9. The number of aromatic nitrogens is 3. The fourth-order valence-corrected chi connectivity index (χ4v) is 5.33. The fourth-order valence-electron chi connectivity index (χ4n) is 5.33. The van der Waals surface area contributed by atoms with Gasteiger partial charge in [-0.15, -0.1) is 0 Å². The molecule has 0 radical (unpaired) electrons. The topological polar surface area (TPSA) is 92.7 Å². The molecule has 9 nitrogen and oxygen atoms in total. The lowest BCUT2D eigenvalue weighted by Crippen LogP contribution is -2.52. The molecule has 5 rings (SSSR count). The lowest BCUT2D eigenvalue weighted by atomic mass is 9.83. The number of hydrogen-bond donors (Lipinski definition) is 1. The van der Waals surface area contributed by atoms with Gasteiger partial charge in [0.1, 0.15) is 17.3 Å². The molecule has 1 fully saturated rings. The van der Waals surface area contributed by atoms with E-state index < -0.39 is 12.2 Å². The molecule has 1 unspecified atom stereocenters. The van der Waals surface area contributed by atoms with Gasteiger partial charge in [-0.25, -0.2) is 19.7 Å². The second-order valence-corrected chi connectivity index (χ2v) is 9.21. The van der Waals surface area contributed by atoms with Gasteiger partial charge in [0.15, 0.2) is 5.82 Å². The monoisotopic (exact) mass is 510 g/mol. The molecule has 1 aromatic carbocycles. The van der Waals surface area contributed by atoms with E-state index in [0.29, 0.717) is 42.6 Å². The highest BCUT2D eigenvalue weighted by molar-refractivity contribution is 5.77. The maximum absolute atomic E-state index is 13.1. The van der Waals surface area contributed by atoms with Crippen LogP contribution in [0.1, 0.15) is 24.1 Å². The minimum Gasteiger partial charge on any atom is -0.497 e. The summed E-state index contributed by atoms with van der Waals surface area (Å²) in [5, 5.41) is 2.70. The molecule has 37 heavy (non-hydrogen) atoms. The first-order valence-electron chi connectivity index (χ1n) is 12.0. The number of urea groups is 1. The molecular weight excluding hydrogens is 482 g/mol. The van der Waals surface area contributed by atoms with Gasteiger partial charge in [-0.2, -0.15) is 8.78 Å². The molecule has 2 amide bonds. The summed E-state index contributed by atoms with van der Waals surface area (Å²) in [5.74, 6) is 1.66. The Morgan fingerprint density at radius 3 is 2.59 bits per heavy atom. The zero-order valence-corrected chi connectivity index (χ0v) is 20.9. The van der Waals surface area contributed by atoms with Crippen molar-refractivity contribution in [2.75, 3.05) is 32.1 Å². The van der Waals surface area contributed by atoms with Crippen LogP contribution in [-0.2, 0) is 6.42 Å². The Kier molecular flexibility index (Phi) is 6.53. The van der Waals surface area contributed by atoms with Crippen molar-refractivity contribution in [3.8, 4) is 22.9 Å². The number of rotatable bonds is 5. The largest absolute Gasteiger partial charge is 0.497 e. The van der Waals surface area contributed by atoms with E-state index in [2.05, 4.69) is 26.3 Å². The average molecular weight is 511 g/mol. The third-order valence-corrected chi connectivity index (χ3v) is 7.04. The SMILES string of the molecule is CNC(=O)N1CCC2(CCc3cc(-c4ncccn4)c(C)nc3N2c2cc(OC)cc(OC(F)F)c2)C1. The number of fused-ring (bicyclic) bond motifs is 1. The first-order chi connectivity index (χ1) is 17.8. The van der Waals surface area contributed by atoms with Crippen molar-refractivity contribution >= 4 is 17.5 Å². The van der Waals surface area contributed by atoms with Crippen LogP contribution in [0.25, 0.3) is 11.4 Å². The van der Waals surface area contributed by atoms with Crippen LogP contribution in [0.3, 0.4) is 0 Å². The Morgan fingerprint density at radius 2 is 1.89 bits per heavy atom. The number of carbonyl (C=O) groups excluding carboxylic acids is 1. The highest BCUT2D eigenvalue weighted by Crippen LogP contribution is 2.48. The molecule has 2 aromatic heterocycles. The normalized spacial score (nSPS) is 18.8. The lowest BCUT2D eigenvalue weighted by Gasteiger charge is -2.46. The van der Waals surface area contributed by atoms with Gasteiger partial charge in [-0.05, 0) is 43.9 Å². The second-order valence-electron chi connectivity index (χ2n) is 9.21. The number of alkyl halides is 2. The van der Waals surface area contributed by atoms with E-state index in [4.69, 9.17) is 14.5 Å². The maximum Gasteiger partial charge on any atom is 0.387 e. The molecule has 2 aliphatic rings. The quantitative estimate of drug-likeness (QED) is 0.546. The van der Waals surface area contributed by atoms with Crippen molar-refractivity contribution in [1.29, 1.82) is 0 Å². The molecule has 1 spiro atoms. The van der Waals surface area contributed by atoms with E-state index in [1.54, 1.807) is 42.5 Å². The van der Waals surface area contributed by atoms with E-state index in [9.17, 15) is 13.6 Å². The van der Waals surface area contributed by atoms with Crippen LogP contribution in [-0.4, -0.2) is 65.3 Å². The third-order valence-electron chi connectivity index (χ3n) is 7.04. The van der Waals surface area contributed by atoms with Crippen LogP contribution < -0.4 is 19.7 Å². The number of nitrogens with zero attached hydrogens (tertiary/aromatic N) is 5. The van der Waals surface area contributed by atoms with Gasteiger partial charge in [-0.1, -0.05) is 0 Å². The molecule has 3 aromatic rings. The minimum absolute atomic E-state index is 0.0150. The number of hydrogen-bond acceptors (Lipinski definition) is 7. The summed E-state index contributed by atoms with van der Waals surface area (Å²) in [6, 6.07) is 8.43. The van der Waals surface area contributed by atoms with Gasteiger partial charge in [0.25, 0.3) is 0 Å². The van der Waals surface area contributed by atoms with Crippen LogP contribution in [0.2, 0.25) is 0 Å². The Labute approximate surface area is 213 Å². The fraction of sp³-hybridized carbons (Fsp3) is 0.385. The highest BCUT2D eigenvalue weighted by Gasteiger charge is 2.48. The van der Waals surface area contributed by atoms with E-state index in [1.165, 1.54) is 13.2 Å². The molecule has 1 atom stereocenters. The average Bonchev–Trinajstić information content (AvgIpc) is 3.32. The molecule has 194 valence electrons. The molecular formula is C26H28F2N6O3. The van der Waals surface area contributed by atoms with E-state index >= 15 is 0 Å². The summed E-state index contributed by atoms with van der Waals surface area (Å²) in [4.78, 5) is 30.1. The van der Waals surface area contributed by atoms with Gasteiger partial charge in [0.05, 0.1) is 24.0 Å². The van der Waals surface area contributed by atoms with Crippen LogP contribution >= 0.6 is 0 Å². The van der Waals surface area contributed by atoms with Crippen molar-refractivity contribution < 1.29 is 23.0 Å². The number of aryl methyl sites for hydroxylation is 2. The maximum atomic E-state index is 13.1. The molecule has 2 aliphatic heterocycles. The summed E-state index contributed by atoms with van der Waals surface area (Å²) in [6.07, 6.45) is 5.53. The predicted molar refractivity (Wildman–Crippen MR) is 133 cm³/mol. The minimum atomic E-state index is -2.98. The standard InChI is InChI=1S/C26H28F2N6O3/c1-16-21(22-30-8-4-9-31-22)11-17-5-6-26(7-10-33(15-26)25(35)29-2)34(23(17)32-16)18-12-19(36-3)14-20(13-18)37-24(27)28/h4,8-9,11-14,24H,5-7,10,15H2,1-3H3,(H,29,35). The summed E-state index contributed by atoms with van der Waals surface area (Å²) in [7, 11) is 3.08.